The van der Waals surface area contributed by atoms with E-state index in [1.165, 1.54) is 29.9 Å². The Balaban J connectivity index is 1.71. The maximum atomic E-state index is 4.48. The lowest BCUT2D eigenvalue weighted by molar-refractivity contribution is 0.675. The van der Waals surface area contributed by atoms with Gasteiger partial charge >= 0.3 is 0 Å². The Morgan fingerprint density at radius 2 is 2.37 bits per heavy atom. The molecule has 0 aromatic carbocycles. The lowest BCUT2D eigenvalue weighted by Gasteiger charge is -2.07. The summed E-state index contributed by atoms with van der Waals surface area (Å²) < 4.78 is 5.29. The molecule has 4 nitrogen and oxygen atoms in total. The normalized spacial score (nSPS) is 14.8. The zero-order valence-corrected chi connectivity index (χ0v) is 12.4. The number of aryl methyl sites for hydroxylation is 1. The molecule has 1 N–H and O–H groups in total. The van der Waals surface area contributed by atoms with E-state index in [4.69, 9.17) is 0 Å². The molecule has 0 saturated heterocycles. The van der Waals surface area contributed by atoms with Crippen LogP contribution in [0.25, 0.3) is 0 Å². The highest BCUT2D eigenvalue weighted by Crippen LogP contribution is 2.30. The van der Waals surface area contributed by atoms with Crippen LogP contribution in [0.4, 0.5) is 0 Å². The maximum absolute atomic E-state index is 4.48. The molecule has 0 bridgehead atoms. The van der Waals surface area contributed by atoms with Gasteiger partial charge in [0.15, 0.2) is 4.34 Å². The molecule has 0 radical (unpaired) electrons. The minimum atomic E-state index is 0.714. The van der Waals surface area contributed by atoms with E-state index in [-0.39, 0.29) is 0 Å². The number of aromatic nitrogens is 3. The number of hydrogen-bond acceptors (Lipinski definition) is 6. The van der Waals surface area contributed by atoms with Crippen LogP contribution < -0.4 is 5.32 Å². The molecule has 2 heterocycles. The largest absolute Gasteiger partial charge is 0.310 e. The van der Waals surface area contributed by atoms with Gasteiger partial charge in [-0.05, 0) is 47.8 Å². The van der Waals surface area contributed by atoms with Gasteiger partial charge in [0, 0.05) is 25.2 Å². The molecule has 2 aromatic rings. The van der Waals surface area contributed by atoms with Crippen LogP contribution in [-0.4, -0.2) is 20.4 Å². The van der Waals surface area contributed by atoms with Crippen molar-refractivity contribution in [3.8, 4) is 0 Å². The summed E-state index contributed by atoms with van der Waals surface area (Å²) in [4.78, 5) is 8.95. The molecule has 100 valence electrons. The van der Waals surface area contributed by atoms with E-state index >= 15 is 0 Å². The second-order valence-electron chi connectivity index (χ2n) is 4.55. The second kappa shape index (κ2) is 5.98. The van der Waals surface area contributed by atoms with E-state index in [0.717, 1.165) is 28.2 Å². The SMILES string of the molecule is CCc1nsc(Sc2ncccc2CNC2CC2)n1. The second-order valence-corrected chi connectivity index (χ2v) is 6.54. The highest BCUT2D eigenvalue weighted by atomic mass is 32.2. The zero-order valence-electron chi connectivity index (χ0n) is 10.8. The van der Waals surface area contributed by atoms with Gasteiger partial charge < -0.3 is 5.32 Å². The van der Waals surface area contributed by atoms with Crippen LogP contribution in [0.15, 0.2) is 27.7 Å². The Kier molecular flexibility index (Phi) is 4.10. The van der Waals surface area contributed by atoms with Crippen LogP contribution in [0.2, 0.25) is 0 Å². The molecule has 6 heteroatoms. The van der Waals surface area contributed by atoms with Crippen LogP contribution in [0.1, 0.15) is 31.2 Å². The molecule has 0 unspecified atom stereocenters. The summed E-state index contributed by atoms with van der Waals surface area (Å²) in [5.41, 5.74) is 1.24. The molecule has 3 rings (SSSR count). The summed E-state index contributed by atoms with van der Waals surface area (Å²) in [5, 5.41) is 4.57. The van der Waals surface area contributed by atoms with Crippen LogP contribution in [0, 0.1) is 0 Å². The topological polar surface area (TPSA) is 50.7 Å². The predicted molar refractivity (Wildman–Crippen MR) is 77.5 cm³/mol. The Bertz CT molecular complexity index is 551. The molecule has 2 aromatic heterocycles. The van der Waals surface area contributed by atoms with Gasteiger partial charge in [0.05, 0.1) is 0 Å². The van der Waals surface area contributed by atoms with Crippen molar-refractivity contribution < 1.29 is 0 Å². The predicted octanol–water partition coefficient (Wildman–Crippen LogP) is 2.90. The fraction of sp³-hybridized carbons (Fsp3) is 0.462. The first-order valence-electron chi connectivity index (χ1n) is 6.53. The number of nitrogens with one attached hydrogen (secondary N) is 1. The van der Waals surface area contributed by atoms with Gasteiger partial charge in [-0.25, -0.2) is 9.97 Å². The molecule has 1 saturated carbocycles. The first-order chi connectivity index (χ1) is 9.35. The van der Waals surface area contributed by atoms with Crippen molar-refractivity contribution in [2.45, 2.75) is 48.1 Å². The standard InChI is InChI=1S/C13H16N4S2/c1-2-11-16-13(19-17-11)18-12-9(4-3-7-14-12)8-15-10-5-6-10/h3-4,7,10,15H,2,5-6,8H2,1H3. The number of nitrogens with zero attached hydrogens (tertiary/aromatic N) is 3. The van der Waals surface area contributed by atoms with Gasteiger partial charge in [-0.2, -0.15) is 4.37 Å². The highest BCUT2D eigenvalue weighted by molar-refractivity contribution is 8.00. The maximum Gasteiger partial charge on any atom is 0.176 e. The minimum absolute atomic E-state index is 0.714. The number of pyridine rings is 1. The molecule has 1 aliphatic rings. The molecule has 19 heavy (non-hydrogen) atoms. The molecule has 0 amide bonds. The van der Waals surface area contributed by atoms with Gasteiger partial charge in [-0.3, -0.25) is 0 Å². The molecule has 0 spiro atoms. The van der Waals surface area contributed by atoms with Crippen molar-refractivity contribution in [3.63, 3.8) is 0 Å². The Hall–Kier alpha value is -0.980. The van der Waals surface area contributed by atoms with Crippen molar-refractivity contribution in [1.82, 2.24) is 19.7 Å². The summed E-state index contributed by atoms with van der Waals surface area (Å²) in [6, 6.07) is 4.84. The van der Waals surface area contributed by atoms with E-state index in [2.05, 4.69) is 32.6 Å². The first-order valence-corrected chi connectivity index (χ1v) is 8.12. The molecular weight excluding hydrogens is 276 g/mol. The van der Waals surface area contributed by atoms with Crippen molar-refractivity contribution >= 4 is 23.3 Å². The fourth-order valence-corrected chi connectivity index (χ4v) is 3.40. The van der Waals surface area contributed by atoms with Gasteiger partial charge in [0.25, 0.3) is 0 Å². The third kappa shape index (κ3) is 3.52. The van der Waals surface area contributed by atoms with Gasteiger partial charge in [-0.1, -0.05) is 13.0 Å². The summed E-state index contributed by atoms with van der Waals surface area (Å²) >= 11 is 3.07. The van der Waals surface area contributed by atoms with E-state index in [1.807, 2.05) is 12.3 Å². The van der Waals surface area contributed by atoms with Crippen molar-refractivity contribution in [2.75, 3.05) is 0 Å². The average molecular weight is 292 g/mol. The lowest BCUT2D eigenvalue weighted by atomic mass is 10.3. The average Bonchev–Trinajstić information content (AvgIpc) is 3.16. The van der Waals surface area contributed by atoms with E-state index in [1.54, 1.807) is 11.8 Å². The molecule has 1 fully saturated rings. The smallest absolute Gasteiger partial charge is 0.176 e. The van der Waals surface area contributed by atoms with E-state index in [0.29, 0.717) is 6.04 Å². The van der Waals surface area contributed by atoms with E-state index in [9.17, 15) is 0 Å². The van der Waals surface area contributed by atoms with Gasteiger partial charge in [0.1, 0.15) is 10.9 Å². The molecular formula is C13H16N4S2. The number of hydrogen-bond donors (Lipinski definition) is 1. The van der Waals surface area contributed by atoms with Crippen LogP contribution in [-0.2, 0) is 13.0 Å². The third-order valence-corrected chi connectivity index (χ3v) is 4.81. The van der Waals surface area contributed by atoms with E-state index < -0.39 is 0 Å². The summed E-state index contributed by atoms with van der Waals surface area (Å²) in [7, 11) is 0. The highest BCUT2D eigenvalue weighted by Gasteiger charge is 2.20. The van der Waals surface area contributed by atoms with Gasteiger partial charge in [0.2, 0.25) is 0 Å². The van der Waals surface area contributed by atoms with Crippen molar-refractivity contribution in [3.05, 3.63) is 29.7 Å². The first kappa shape index (κ1) is 13.0. The van der Waals surface area contributed by atoms with Crippen LogP contribution >= 0.6 is 23.3 Å². The molecule has 0 aliphatic heterocycles. The molecule has 0 atom stereocenters. The zero-order chi connectivity index (χ0) is 13.1. The Morgan fingerprint density at radius 1 is 1.47 bits per heavy atom. The van der Waals surface area contributed by atoms with Crippen LogP contribution in [0.3, 0.4) is 0 Å². The quantitative estimate of drug-likeness (QED) is 0.887. The van der Waals surface area contributed by atoms with Crippen LogP contribution in [0.5, 0.6) is 0 Å². The molecule has 1 aliphatic carbocycles. The monoisotopic (exact) mass is 292 g/mol. The number of rotatable bonds is 6. The Labute approximate surface area is 121 Å². The van der Waals surface area contributed by atoms with Gasteiger partial charge in [-0.15, -0.1) is 0 Å². The van der Waals surface area contributed by atoms with Crippen molar-refractivity contribution in [1.29, 1.82) is 0 Å². The van der Waals surface area contributed by atoms with Crippen molar-refractivity contribution in [2.24, 2.45) is 0 Å². The third-order valence-electron chi connectivity index (χ3n) is 2.96. The Morgan fingerprint density at radius 3 is 3.11 bits per heavy atom. The summed E-state index contributed by atoms with van der Waals surface area (Å²) in [5.74, 6) is 0.918. The summed E-state index contributed by atoms with van der Waals surface area (Å²) in [6.45, 7) is 2.96. The minimum Gasteiger partial charge on any atom is -0.310 e. The fourth-order valence-electron chi connectivity index (χ4n) is 1.70. The lowest BCUT2D eigenvalue weighted by Crippen LogP contribution is -2.16. The summed E-state index contributed by atoms with van der Waals surface area (Å²) in [6.07, 6.45) is 5.33.